The standard InChI is InChI=1S/C15H15N3O3.BrH/c1-11(19)21-9-14-7-17-10-18(14)8-12-3-4-13(6-16)15(5-12)20-2;/h3-5,7,10H,8-9H2,1-2H3;1H. The van der Waals surface area contributed by atoms with Crippen LogP contribution >= 0.6 is 17.0 Å². The highest BCUT2D eigenvalue weighted by atomic mass is 79.9. The Morgan fingerprint density at radius 2 is 2.23 bits per heavy atom. The van der Waals surface area contributed by atoms with Gasteiger partial charge >= 0.3 is 5.97 Å². The number of methoxy groups -OCH3 is 1. The van der Waals surface area contributed by atoms with Crippen LogP contribution in [0, 0.1) is 11.3 Å². The predicted octanol–water partition coefficient (Wildman–Crippen LogP) is 2.45. The van der Waals surface area contributed by atoms with Gasteiger partial charge < -0.3 is 14.0 Å². The van der Waals surface area contributed by atoms with Crippen molar-refractivity contribution in [3.63, 3.8) is 0 Å². The highest BCUT2D eigenvalue weighted by Crippen LogP contribution is 2.20. The summed E-state index contributed by atoms with van der Waals surface area (Å²) in [5.74, 6) is 0.208. The molecule has 116 valence electrons. The molecule has 1 aromatic carbocycles. The van der Waals surface area contributed by atoms with Gasteiger partial charge in [0, 0.05) is 13.5 Å². The van der Waals surface area contributed by atoms with Gasteiger partial charge in [0.05, 0.1) is 30.9 Å². The first-order chi connectivity index (χ1) is 10.1. The number of rotatable bonds is 5. The minimum absolute atomic E-state index is 0. The van der Waals surface area contributed by atoms with Gasteiger partial charge in [-0.2, -0.15) is 5.26 Å². The lowest BCUT2D eigenvalue weighted by Gasteiger charge is -2.10. The number of esters is 1. The topological polar surface area (TPSA) is 77.1 Å². The number of hydrogen-bond donors (Lipinski definition) is 0. The molecule has 0 N–H and O–H groups in total. The Morgan fingerprint density at radius 1 is 1.45 bits per heavy atom. The van der Waals surface area contributed by atoms with Crippen LogP contribution in [0.25, 0.3) is 0 Å². The van der Waals surface area contributed by atoms with Gasteiger partial charge in [-0.25, -0.2) is 4.98 Å². The Balaban J connectivity index is 0.00000242. The number of carbonyl (C=O) groups is 1. The van der Waals surface area contributed by atoms with E-state index in [1.54, 1.807) is 18.6 Å². The van der Waals surface area contributed by atoms with E-state index in [2.05, 4.69) is 11.1 Å². The van der Waals surface area contributed by atoms with Crippen molar-refractivity contribution in [3.8, 4) is 11.8 Å². The predicted molar refractivity (Wildman–Crippen MR) is 84.8 cm³/mol. The van der Waals surface area contributed by atoms with Crippen molar-refractivity contribution >= 4 is 23.0 Å². The zero-order valence-corrected chi connectivity index (χ0v) is 14.0. The molecule has 0 aliphatic carbocycles. The van der Waals surface area contributed by atoms with E-state index in [0.29, 0.717) is 17.9 Å². The van der Waals surface area contributed by atoms with E-state index in [4.69, 9.17) is 14.7 Å². The SMILES string of the molecule is Br.COc1cc(Cn2cncc2COC(C)=O)ccc1C#N. The number of nitrogens with zero attached hydrogens (tertiary/aromatic N) is 3. The third-order valence-electron chi connectivity index (χ3n) is 2.96. The maximum Gasteiger partial charge on any atom is 0.303 e. The molecule has 1 aromatic heterocycles. The van der Waals surface area contributed by atoms with Gasteiger partial charge in [-0.15, -0.1) is 17.0 Å². The fraction of sp³-hybridized carbons (Fsp3) is 0.267. The lowest BCUT2D eigenvalue weighted by Crippen LogP contribution is -2.07. The Hall–Kier alpha value is -2.33. The summed E-state index contributed by atoms with van der Waals surface area (Å²) in [5.41, 5.74) is 2.26. The van der Waals surface area contributed by atoms with Crippen molar-refractivity contribution in [2.45, 2.75) is 20.1 Å². The summed E-state index contributed by atoms with van der Waals surface area (Å²) < 4.78 is 12.0. The number of benzene rings is 1. The fourth-order valence-electron chi connectivity index (χ4n) is 1.91. The molecule has 22 heavy (non-hydrogen) atoms. The highest BCUT2D eigenvalue weighted by Gasteiger charge is 2.07. The molecule has 0 spiro atoms. The summed E-state index contributed by atoms with van der Waals surface area (Å²) in [5, 5.41) is 8.97. The smallest absolute Gasteiger partial charge is 0.303 e. The van der Waals surface area contributed by atoms with Gasteiger partial charge in [-0.3, -0.25) is 4.79 Å². The molecule has 0 bridgehead atoms. The third kappa shape index (κ3) is 4.33. The second kappa shape index (κ2) is 8.20. The van der Waals surface area contributed by atoms with Gasteiger partial charge in [-0.1, -0.05) is 6.07 Å². The van der Waals surface area contributed by atoms with Crippen LogP contribution in [0.1, 0.15) is 23.7 Å². The summed E-state index contributed by atoms with van der Waals surface area (Å²) in [4.78, 5) is 14.9. The zero-order valence-electron chi connectivity index (χ0n) is 12.3. The Labute approximate surface area is 139 Å². The number of halogens is 1. The van der Waals surface area contributed by atoms with Gasteiger partial charge in [0.1, 0.15) is 18.4 Å². The van der Waals surface area contributed by atoms with Crippen molar-refractivity contribution in [2.75, 3.05) is 7.11 Å². The van der Waals surface area contributed by atoms with Gasteiger partial charge in [0.15, 0.2) is 0 Å². The van der Waals surface area contributed by atoms with Crippen molar-refractivity contribution in [1.82, 2.24) is 9.55 Å². The number of hydrogen-bond acceptors (Lipinski definition) is 5. The molecule has 6 nitrogen and oxygen atoms in total. The number of carbonyl (C=O) groups excluding carboxylic acids is 1. The fourth-order valence-corrected chi connectivity index (χ4v) is 1.91. The van der Waals surface area contributed by atoms with Gasteiger partial charge in [0.2, 0.25) is 0 Å². The number of aromatic nitrogens is 2. The van der Waals surface area contributed by atoms with Crippen LogP contribution in [-0.2, 0) is 22.7 Å². The number of imidazole rings is 1. The molecule has 0 atom stereocenters. The Bertz CT molecular complexity index is 692. The minimum Gasteiger partial charge on any atom is -0.495 e. The van der Waals surface area contributed by atoms with Crippen molar-refractivity contribution in [3.05, 3.63) is 47.5 Å². The number of nitriles is 1. The van der Waals surface area contributed by atoms with Crippen LogP contribution in [-0.4, -0.2) is 22.6 Å². The molecule has 7 heteroatoms. The molecule has 0 amide bonds. The normalized spacial score (nSPS) is 9.50. The van der Waals surface area contributed by atoms with Crippen LogP contribution in [0.15, 0.2) is 30.7 Å². The molecule has 2 aromatic rings. The van der Waals surface area contributed by atoms with Crippen LogP contribution in [0.2, 0.25) is 0 Å². The minimum atomic E-state index is -0.331. The van der Waals surface area contributed by atoms with Gasteiger partial charge in [-0.05, 0) is 17.7 Å². The van der Waals surface area contributed by atoms with E-state index in [9.17, 15) is 4.79 Å². The lowest BCUT2D eigenvalue weighted by atomic mass is 10.1. The molecule has 0 aliphatic heterocycles. The van der Waals surface area contributed by atoms with Gasteiger partial charge in [0.25, 0.3) is 0 Å². The second-order valence-corrected chi connectivity index (χ2v) is 4.44. The van der Waals surface area contributed by atoms with Crippen LogP contribution < -0.4 is 4.74 Å². The molecule has 2 rings (SSSR count). The first-order valence-corrected chi connectivity index (χ1v) is 6.33. The zero-order chi connectivity index (χ0) is 15.2. The monoisotopic (exact) mass is 365 g/mol. The summed E-state index contributed by atoms with van der Waals surface area (Å²) >= 11 is 0. The van der Waals surface area contributed by atoms with Crippen molar-refractivity contribution in [2.24, 2.45) is 0 Å². The first-order valence-electron chi connectivity index (χ1n) is 6.33. The number of ether oxygens (including phenoxy) is 2. The Kier molecular flexibility index (Phi) is 6.60. The average molecular weight is 366 g/mol. The summed E-state index contributed by atoms with van der Waals surface area (Å²) in [6, 6.07) is 7.47. The van der Waals surface area contributed by atoms with E-state index < -0.39 is 0 Å². The highest BCUT2D eigenvalue weighted by molar-refractivity contribution is 8.93. The second-order valence-electron chi connectivity index (χ2n) is 4.44. The third-order valence-corrected chi connectivity index (χ3v) is 2.96. The quantitative estimate of drug-likeness (QED) is 0.760. The molecule has 0 fully saturated rings. The van der Waals surface area contributed by atoms with Crippen molar-refractivity contribution in [1.29, 1.82) is 5.26 Å². The van der Waals surface area contributed by atoms with E-state index in [1.807, 2.05) is 16.7 Å². The lowest BCUT2D eigenvalue weighted by molar-refractivity contribution is -0.142. The molecule has 1 heterocycles. The summed E-state index contributed by atoms with van der Waals surface area (Å²) in [7, 11) is 1.53. The van der Waals surface area contributed by atoms with E-state index in [0.717, 1.165) is 11.3 Å². The van der Waals surface area contributed by atoms with E-state index in [1.165, 1.54) is 14.0 Å². The van der Waals surface area contributed by atoms with Crippen LogP contribution in [0.5, 0.6) is 5.75 Å². The molecular formula is C15H16BrN3O3. The molecule has 0 saturated carbocycles. The van der Waals surface area contributed by atoms with Crippen LogP contribution in [0.4, 0.5) is 0 Å². The summed E-state index contributed by atoms with van der Waals surface area (Å²) in [6.45, 7) is 2.10. The first kappa shape index (κ1) is 17.7. The molecule has 0 unspecified atom stereocenters. The maximum absolute atomic E-state index is 10.9. The largest absolute Gasteiger partial charge is 0.495 e. The molecule has 0 saturated heterocycles. The molecular weight excluding hydrogens is 350 g/mol. The van der Waals surface area contributed by atoms with Crippen LogP contribution in [0.3, 0.4) is 0 Å². The molecule has 0 radical (unpaired) electrons. The van der Waals surface area contributed by atoms with E-state index in [-0.39, 0.29) is 29.6 Å². The maximum atomic E-state index is 10.9. The Morgan fingerprint density at radius 3 is 2.86 bits per heavy atom. The summed E-state index contributed by atoms with van der Waals surface area (Å²) in [6.07, 6.45) is 3.33. The molecule has 0 aliphatic rings. The van der Waals surface area contributed by atoms with Crippen molar-refractivity contribution < 1.29 is 14.3 Å². The average Bonchev–Trinajstić information content (AvgIpc) is 2.92. The van der Waals surface area contributed by atoms with E-state index >= 15 is 0 Å².